The predicted octanol–water partition coefficient (Wildman–Crippen LogP) is 3.00. The van der Waals surface area contributed by atoms with Crippen LogP contribution in [-0.2, 0) is 0 Å². The van der Waals surface area contributed by atoms with Crippen LogP contribution in [0.25, 0.3) is 0 Å². The molecule has 0 spiro atoms. The van der Waals surface area contributed by atoms with Gasteiger partial charge in [-0.15, -0.1) is 0 Å². The first-order valence-electron chi connectivity index (χ1n) is 7.24. The van der Waals surface area contributed by atoms with Gasteiger partial charge in [-0.3, -0.25) is 4.79 Å². The van der Waals surface area contributed by atoms with E-state index in [0.717, 1.165) is 25.0 Å². The predicted molar refractivity (Wildman–Crippen MR) is 82.1 cm³/mol. The van der Waals surface area contributed by atoms with Crippen molar-refractivity contribution in [2.45, 2.75) is 32.6 Å². The minimum absolute atomic E-state index is 0.235. The first-order valence-corrected chi connectivity index (χ1v) is 7.24. The average Bonchev–Trinajstić information content (AvgIpc) is 2.53. The number of hydrogen-bond donors (Lipinski definition) is 1. The van der Waals surface area contributed by atoms with E-state index >= 15 is 0 Å². The van der Waals surface area contributed by atoms with Crippen molar-refractivity contribution in [1.29, 1.82) is 0 Å². The van der Waals surface area contributed by atoms with Gasteiger partial charge in [0, 0.05) is 11.3 Å². The van der Waals surface area contributed by atoms with E-state index in [9.17, 15) is 4.79 Å². The van der Waals surface area contributed by atoms with Crippen LogP contribution in [0.15, 0.2) is 23.3 Å². The molecule has 0 aromatic heterocycles. The number of methoxy groups -OCH3 is 2. The van der Waals surface area contributed by atoms with Crippen molar-refractivity contribution in [3.63, 3.8) is 0 Å². The Morgan fingerprint density at radius 2 is 2.00 bits per heavy atom. The number of nitrogens with one attached hydrogen (secondary N) is 1. The smallest absolute Gasteiger partial charge is 0.271 e. The standard InChI is InChI=1S/C16H22N2O3/c1-11-6-4-5-7-13(11)17-18-16(19)12-8-9-14(20-2)15(10-12)21-3/h8-11H,4-7H2,1-3H3,(H,18,19)/b17-13-/t11-/m1/s1. The van der Waals surface area contributed by atoms with Crippen molar-refractivity contribution in [2.75, 3.05) is 14.2 Å². The highest BCUT2D eigenvalue weighted by Gasteiger charge is 2.16. The lowest BCUT2D eigenvalue weighted by Crippen LogP contribution is -2.24. The molecule has 114 valence electrons. The fourth-order valence-corrected chi connectivity index (χ4v) is 2.50. The van der Waals surface area contributed by atoms with Crippen LogP contribution in [0.4, 0.5) is 0 Å². The maximum Gasteiger partial charge on any atom is 0.271 e. The molecule has 0 saturated heterocycles. The fraction of sp³-hybridized carbons (Fsp3) is 0.500. The van der Waals surface area contributed by atoms with E-state index in [2.05, 4.69) is 17.5 Å². The number of nitrogens with zero attached hydrogens (tertiary/aromatic N) is 1. The zero-order valence-corrected chi connectivity index (χ0v) is 12.8. The average molecular weight is 290 g/mol. The molecule has 1 aliphatic rings. The number of hydrazone groups is 1. The Hall–Kier alpha value is -2.04. The summed E-state index contributed by atoms with van der Waals surface area (Å²) in [6.45, 7) is 2.15. The molecule has 0 radical (unpaired) electrons. The number of ether oxygens (including phenoxy) is 2. The maximum atomic E-state index is 12.1. The summed E-state index contributed by atoms with van der Waals surface area (Å²) in [4.78, 5) is 12.1. The zero-order valence-electron chi connectivity index (χ0n) is 12.8. The van der Waals surface area contributed by atoms with Crippen LogP contribution in [0.2, 0.25) is 0 Å². The van der Waals surface area contributed by atoms with Crippen molar-refractivity contribution in [3.05, 3.63) is 23.8 Å². The van der Waals surface area contributed by atoms with Gasteiger partial charge in [-0.1, -0.05) is 13.3 Å². The Morgan fingerprint density at radius 3 is 2.67 bits per heavy atom. The highest BCUT2D eigenvalue weighted by atomic mass is 16.5. The summed E-state index contributed by atoms with van der Waals surface area (Å²) in [7, 11) is 3.11. The molecule has 1 atom stereocenters. The molecule has 5 nitrogen and oxygen atoms in total. The van der Waals surface area contributed by atoms with Crippen molar-refractivity contribution in [2.24, 2.45) is 11.0 Å². The first kappa shape index (κ1) is 15.4. The van der Waals surface area contributed by atoms with Crippen LogP contribution >= 0.6 is 0 Å². The Labute approximate surface area is 125 Å². The Kier molecular flexibility index (Phi) is 5.20. The molecule has 1 aromatic rings. The van der Waals surface area contributed by atoms with E-state index in [4.69, 9.17) is 9.47 Å². The largest absolute Gasteiger partial charge is 0.493 e. The van der Waals surface area contributed by atoms with Crippen molar-refractivity contribution >= 4 is 11.6 Å². The van der Waals surface area contributed by atoms with Crippen molar-refractivity contribution in [3.8, 4) is 11.5 Å². The Balaban J connectivity index is 2.08. The quantitative estimate of drug-likeness (QED) is 0.867. The molecule has 1 aliphatic carbocycles. The molecule has 1 aromatic carbocycles. The van der Waals surface area contributed by atoms with Crippen LogP contribution in [0.5, 0.6) is 11.5 Å². The molecule has 1 fully saturated rings. The van der Waals surface area contributed by atoms with Crippen LogP contribution in [0.3, 0.4) is 0 Å². The molecule has 0 bridgehead atoms. The summed E-state index contributed by atoms with van der Waals surface area (Å²) in [6, 6.07) is 5.06. The SMILES string of the molecule is COc1ccc(C(=O)N/N=C2/CCCC[C@H]2C)cc1OC. The van der Waals surface area contributed by atoms with E-state index in [1.807, 2.05) is 0 Å². The minimum atomic E-state index is -0.235. The molecular weight excluding hydrogens is 268 g/mol. The third kappa shape index (κ3) is 3.74. The van der Waals surface area contributed by atoms with E-state index in [0.29, 0.717) is 23.0 Å². The third-order valence-electron chi connectivity index (χ3n) is 3.84. The van der Waals surface area contributed by atoms with Gasteiger partial charge in [0.25, 0.3) is 5.91 Å². The maximum absolute atomic E-state index is 12.1. The third-order valence-corrected chi connectivity index (χ3v) is 3.84. The van der Waals surface area contributed by atoms with Gasteiger partial charge in [-0.25, -0.2) is 5.43 Å². The van der Waals surface area contributed by atoms with Gasteiger partial charge >= 0.3 is 0 Å². The summed E-state index contributed by atoms with van der Waals surface area (Å²) in [5.41, 5.74) is 4.22. The number of rotatable bonds is 4. The fourth-order valence-electron chi connectivity index (χ4n) is 2.50. The lowest BCUT2D eigenvalue weighted by Gasteiger charge is -2.19. The number of hydrogen-bond acceptors (Lipinski definition) is 4. The van der Waals surface area contributed by atoms with Gasteiger partial charge in [-0.2, -0.15) is 5.10 Å². The topological polar surface area (TPSA) is 59.9 Å². The second kappa shape index (κ2) is 7.11. The number of amides is 1. The Bertz CT molecular complexity index is 540. The summed E-state index contributed by atoms with van der Waals surface area (Å²) in [5.74, 6) is 1.34. The molecule has 1 N–H and O–H groups in total. The second-order valence-electron chi connectivity index (χ2n) is 5.26. The number of carbonyl (C=O) groups is 1. The van der Waals surface area contributed by atoms with Crippen LogP contribution < -0.4 is 14.9 Å². The summed E-state index contributed by atoms with van der Waals surface area (Å²) >= 11 is 0. The molecule has 0 heterocycles. The van der Waals surface area contributed by atoms with E-state index < -0.39 is 0 Å². The zero-order chi connectivity index (χ0) is 15.2. The molecule has 5 heteroatoms. The number of carbonyl (C=O) groups excluding carboxylic acids is 1. The second-order valence-corrected chi connectivity index (χ2v) is 5.26. The lowest BCUT2D eigenvalue weighted by atomic mass is 9.89. The summed E-state index contributed by atoms with van der Waals surface area (Å²) < 4.78 is 10.4. The molecule has 1 amide bonds. The lowest BCUT2D eigenvalue weighted by molar-refractivity contribution is 0.0954. The minimum Gasteiger partial charge on any atom is -0.493 e. The van der Waals surface area contributed by atoms with E-state index in [1.165, 1.54) is 6.42 Å². The van der Waals surface area contributed by atoms with Gasteiger partial charge in [0.15, 0.2) is 11.5 Å². The molecule has 0 aliphatic heterocycles. The molecule has 1 saturated carbocycles. The highest BCUT2D eigenvalue weighted by molar-refractivity contribution is 5.96. The highest BCUT2D eigenvalue weighted by Crippen LogP contribution is 2.27. The normalized spacial score (nSPS) is 20.1. The van der Waals surface area contributed by atoms with Crippen LogP contribution in [0, 0.1) is 5.92 Å². The van der Waals surface area contributed by atoms with Crippen LogP contribution in [-0.4, -0.2) is 25.8 Å². The van der Waals surface area contributed by atoms with Crippen LogP contribution in [0.1, 0.15) is 43.0 Å². The molecule has 21 heavy (non-hydrogen) atoms. The molecular formula is C16H22N2O3. The van der Waals surface area contributed by atoms with E-state index in [1.54, 1.807) is 32.4 Å². The monoisotopic (exact) mass is 290 g/mol. The summed E-state index contributed by atoms with van der Waals surface area (Å²) in [6.07, 6.45) is 4.50. The van der Waals surface area contributed by atoms with Gasteiger partial charge in [0.05, 0.1) is 14.2 Å². The molecule has 2 rings (SSSR count). The van der Waals surface area contributed by atoms with Gasteiger partial charge in [-0.05, 0) is 43.4 Å². The molecule has 0 unspecified atom stereocenters. The van der Waals surface area contributed by atoms with Gasteiger partial charge in [0.2, 0.25) is 0 Å². The van der Waals surface area contributed by atoms with Gasteiger partial charge in [0.1, 0.15) is 0 Å². The van der Waals surface area contributed by atoms with Crippen molar-refractivity contribution < 1.29 is 14.3 Å². The summed E-state index contributed by atoms with van der Waals surface area (Å²) in [5, 5.41) is 4.28. The van der Waals surface area contributed by atoms with E-state index in [-0.39, 0.29) is 5.91 Å². The van der Waals surface area contributed by atoms with Gasteiger partial charge < -0.3 is 9.47 Å². The number of benzene rings is 1. The first-order chi connectivity index (χ1) is 10.2. The Morgan fingerprint density at radius 1 is 1.24 bits per heavy atom. The van der Waals surface area contributed by atoms with Crippen molar-refractivity contribution in [1.82, 2.24) is 5.43 Å².